The van der Waals surface area contributed by atoms with E-state index in [4.69, 9.17) is 9.72 Å². The van der Waals surface area contributed by atoms with E-state index in [9.17, 15) is 0 Å². The number of ether oxygens (including phenoxy) is 1. The first-order valence-electron chi connectivity index (χ1n) is 9.14. The number of fused-ring (bicyclic) bond motifs is 1. The normalized spacial score (nSPS) is 21.3. The molecule has 0 aliphatic carbocycles. The van der Waals surface area contributed by atoms with Gasteiger partial charge in [-0.3, -0.25) is 5.01 Å². The van der Waals surface area contributed by atoms with Gasteiger partial charge in [0.2, 0.25) is 0 Å². The Balaban J connectivity index is 1.65. The second kappa shape index (κ2) is 7.11. The highest BCUT2D eigenvalue weighted by atomic mass is 79.9. The van der Waals surface area contributed by atoms with Gasteiger partial charge < -0.3 is 10.1 Å². The summed E-state index contributed by atoms with van der Waals surface area (Å²) >= 11 is 5.50. The molecule has 2 N–H and O–H groups in total. The summed E-state index contributed by atoms with van der Waals surface area (Å²) in [5.41, 5.74) is 5.66. The average molecular weight is 437 g/mol. The molecule has 2 aliphatic heterocycles. The molecule has 1 atom stereocenters. The summed E-state index contributed by atoms with van der Waals surface area (Å²) in [4.78, 5) is 6.05. The van der Waals surface area contributed by atoms with Gasteiger partial charge >= 0.3 is 0 Å². The molecule has 1 unspecified atom stereocenters. The monoisotopic (exact) mass is 436 g/mol. The minimum Gasteiger partial charge on any atom is -0.365 e. The third kappa shape index (κ3) is 3.76. The van der Waals surface area contributed by atoms with Crippen LogP contribution in [0.2, 0.25) is 0 Å². The van der Waals surface area contributed by atoms with E-state index in [1.165, 1.54) is 21.7 Å². The molecule has 2 aromatic heterocycles. The molecule has 0 bridgehead atoms. The van der Waals surface area contributed by atoms with E-state index in [1.807, 2.05) is 0 Å². The van der Waals surface area contributed by atoms with E-state index in [2.05, 4.69) is 70.7 Å². The molecule has 1 saturated heterocycles. The smallest absolute Gasteiger partial charge is 0.144 e. The molecule has 4 rings (SSSR count). The van der Waals surface area contributed by atoms with Crippen LogP contribution < -0.4 is 10.7 Å². The minimum atomic E-state index is -0.0218. The Morgan fingerprint density at radius 2 is 2.19 bits per heavy atom. The summed E-state index contributed by atoms with van der Waals surface area (Å²) in [6, 6.07) is 4.25. The lowest BCUT2D eigenvalue weighted by molar-refractivity contribution is -0.0744. The van der Waals surface area contributed by atoms with Crippen molar-refractivity contribution in [3.63, 3.8) is 0 Å². The Kier molecular flexibility index (Phi) is 4.98. The van der Waals surface area contributed by atoms with Crippen LogP contribution in [-0.2, 0) is 4.74 Å². The molecule has 0 saturated carbocycles. The van der Waals surface area contributed by atoms with Crippen LogP contribution in [0.15, 0.2) is 22.7 Å². The molecule has 1 fully saturated rings. The van der Waals surface area contributed by atoms with E-state index in [-0.39, 0.29) is 11.8 Å². The van der Waals surface area contributed by atoms with Crippen LogP contribution >= 0.6 is 27.3 Å². The van der Waals surface area contributed by atoms with E-state index < -0.39 is 0 Å². The Labute approximate surface area is 166 Å². The van der Waals surface area contributed by atoms with Gasteiger partial charge in [0.05, 0.1) is 20.8 Å². The van der Waals surface area contributed by atoms with E-state index in [0.29, 0.717) is 0 Å². The highest BCUT2D eigenvalue weighted by Crippen LogP contribution is 2.38. The number of anilines is 1. The zero-order valence-corrected chi connectivity index (χ0v) is 17.8. The summed E-state index contributed by atoms with van der Waals surface area (Å²) in [7, 11) is 0. The molecule has 7 heteroatoms. The Hall–Kier alpha value is -1.15. The summed E-state index contributed by atoms with van der Waals surface area (Å²) in [5, 5.41) is 5.66. The van der Waals surface area contributed by atoms with Crippen molar-refractivity contribution in [1.82, 2.24) is 15.4 Å². The molecule has 5 nitrogen and oxygen atoms in total. The van der Waals surface area contributed by atoms with Gasteiger partial charge in [0.1, 0.15) is 12.0 Å². The first-order valence-corrected chi connectivity index (χ1v) is 10.7. The number of halogens is 1. The van der Waals surface area contributed by atoms with Crippen LogP contribution in [0.3, 0.4) is 0 Å². The quantitative estimate of drug-likeness (QED) is 0.711. The fourth-order valence-electron chi connectivity index (χ4n) is 3.39. The summed E-state index contributed by atoms with van der Waals surface area (Å²) in [6.45, 7) is 8.11. The highest BCUT2D eigenvalue weighted by Gasteiger charge is 2.28. The van der Waals surface area contributed by atoms with Gasteiger partial charge in [-0.05, 0) is 74.2 Å². The van der Waals surface area contributed by atoms with Gasteiger partial charge in [0.15, 0.2) is 0 Å². The zero-order valence-electron chi connectivity index (χ0n) is 15.4. The third-order valence-electron chi connectivity index (χ3n) is 4.45. The summed E-state index contributed by atoms with van der Waals surface area (Å²) in [5.74, 6) is 0.896. The summed E-state index contributed by atoms with van der Waals surface area (Å²) in [6.07, 6.45) is 5.81. The molecule has 0 aromatic carbocycles. The molecular weight excluding hydrogens is 412 g/mol. The van der Waals surface area contributed by atoms with Gasteiger partial charge in [-0.15, -0.1) is 11.3 Å². The predicted octanol–water partition coefficient (Wildman–Crippen LogP) is 4.96. The maximum Gasteiger partial charge on any atom is 0.144 e. The molecule has 140 valence electrons. The Morgan fingerprint density at radius 1 is 1.35 bits per heavy atom. The molecule has 0 amide bonds. The van der Waals surface area contributed by atoms with Crippen molar-refractivity contribution in [1.29, 1.82) is 0 Å². The van der Waals surface area contributed by atoms with Crippen molar-refractivity contribution in [3.8, 4) is 0 Å². The maximum absolute atomic E-state index is 5.98. The SMILES string of the molecule is CC(C)(C)Nc1cc(Br)c2sc(C3=CCNN3C3CCCCO3)cc2n1. The van der Waals surface area contributed by atoms with Crippen LogP contribution in [0, 0.1) is 0 Å². The lowest BCUT2D eigenvalue weighted by Gasteiger charge is -2.33. The predicted molar refractivity (Wildman–Crippen MR) is 112 cm³/mol. The molecular formula is C19H25BrN4OS. The number of pyridine rings is 1. The van der Waals surface area contributed by atoms with Crippen LogP contribution in [0.4, 0.5) is 5.82 Å². The second-order valence-electron chi connectivity index (χ2n) is 7.83. The van der Waals surface area contributed by atoms with Crippen molar-refractivity contribution in [2.45, 2.75) is 51.8 Å². The summed E-state index contributed by atoms with van der Waals surface area (Å²) < 4.78 is 8.24. The second-order valence-corrected chi connectivity index (χ2v) is 9.74. The zero-order chi connectivity index (χ0) is 18.3. The molecule has 0 spiro atoms. The number of hydrogen-bond acceptors (Lipinski definition) is 6. The average Bonchev–Trinajstić information content (AvgIpc) is 3.20. The minimum absolute atomic E-state index is 0.0218. The number of rotatable bonds is 3. The highest BCUT2D eigenvalue weighted by molar-refractivity contribution is 9.10. The van der Waals surface area contributed by atoms with Crippen LogP contribution in [0.5, 0.6) is 0 Å². The van der Waals surface area contributed by atoms with Crippen molar-refractivity contribution >= 4 is 49.0 Å². The number of hydrogen-bond donors (Lipinski definition) is 2. The Morgan fingerprint density at radius 3 is 2.92 bits per heavy atom. The fraction of sp³-hybridized carbons (Fsp3) is 0.526. The van der Waals surface area contributed by atoms with E-state index in [0.717, 1.165) is 41.8 Å². The lowest BCUT2D eigenvalue weighted by atomic mass is 10.1. The first-order chi connectivity index (χ1) is 12.4. The van der Waals surface area contributed by atoms with Crippen LogP contribution in [0.1, 0.15) is 44.9 Å². The maximum atomic E-state index is 5.98. The van der Waals surface area contributed by atoms with Crippen molar-refractivity contribution in [3.05, 3.63) is 27.6 Å². The Bertz CT molecular complexity index is 836. The number of nitrogens with one attached hydrogen (secondary N) is 2. The third-order valence-corrected chi connectivity index (χ3v) is 6.52. The van der Waals surface area contributed by atoms with Crippen molar-refractivity contribution in [2.24, 2.45) is 0 Å². The van der Waals surface area contributed by atoms with Crippen LogP contribution in [0.25, 0.3) is 15.9 Å². The van der Waals surface area contributed by atoms with E-state index in [1.54, 1.807) is 11.3 Å². The van der Waals surface area contributed by atoms with Crippen LogP contribution in [-0.4, -0.2) is 34.9 Å². The molecule has 2 aromatic rings. The molecule has 0 radical (unpaired) electrons. The topological polar surface area (TPSA) is 49.4 Å². The largest absolute Gasteiger partial charge is 0.365 e. The fourth-order valence-corrected chi connectivity index (χ4v) is 5.09. The molecule has 26 heavy (non-hydrogen) atoms. The van der Waals surface area contributed by atoms with Crippen molar-refractivity contribution in [2.75, 3.05) is 18.5 Å². The number of aromatic nitrogens is 1. The standard InChI is InChI=1S/C19H25BrN4OS/c1-19(2,3)23-16-10-12(20)18-13(22-16)11-15(26-18)14-7-8-21-24(14)17-6-4-5-9-25-17/h7,10-11,17,21H,4-6,8-9H2,1-3H3,(H,22,23). The molecule has 4 heterocycles. The first kappa shape index (κ1) is 18.2. The van der Waals surface area contributed by atoms with Gasteiger partial charge in [-0.1, -0.05) is 0 Å². The van der Waals surface area contributed by atoms with E-state index >= 15 is 0 Å². The molecule has 2 aliphatic rings. The number of hydrazine groups is 1. The van der Waals surface area contributed by atoms with Gasteiger partial charge in [0, 0.05) is 23.2 Å². The van der Waals surface area contributed by atoms with Gasteiger partial charge in [-0.25, -0.2) is 10.4 Å². The number of nitrogens with zero attached hydrogens (tertiary/aromatic N) is 2. The number of thiophene rings is 1. The van der Waals surface area contributed by atoms with Crippen molar-refractivity contribution < 1.29 is 4.74 Å². The van der Waals surface area contributed by atoms with Gasteiger partial charge in [-0.2, -0.15) is 0 Å². The lowest BCUT2D eigenvalue weighted by Crippen LogP contribution is -2.43. The van der Waals surface area contributed by atoms with Gasteiger partial charge in [0.25, 0.3) is 0 Å².